The molecule has 1 aromatic carbocycles. The lowest BCUT2D eigenvalue weighted by molar-refractivity contribution is 0.414. The molecule has 1 aliphatic rings. The van der Waals surface area contributed by atoms with Crippen LogP contribution < -0.4 is 5.73 Å². The van der Waals surface area contributed by atoms with Crippen LogP contribution in [0.25, 0.3) is 11.5 Å². The number of benzene rings is 1. The van der Waals surface area contributed by atoms with Gasteiger partial charge in [0, 0.05) is 17.2 Å². The number of nitrogens with two attached hydrogens (primary N) is 1. The fourth-order valence-corrected chi connectivity index (χ4v) is 2.88. The van der Waals surface area contributed by atoms with Crippen LogP contribution in [-0.2, 0) is 0 Å². The molecule has 0 amide bonds. The summed E-state index contributed by atoms with van der Waals surface area (Å²) in [4.78, 5) is 4.57. The topological polar surface area (TPSA) is 64.9 Å². The van der Waals surface area contributed by atoms with Gasteiger partial charge in [-0.2, -0.15) is 4.98 Å². The SMILES string of the molecule is Cc1cc(N)ccc1-c1nc(C2CCC(C)C2)no1. The highest BCUT2D eigenvalue weighted by atomic mass is 16.5. The Bertz CT molecular complexity index is 591. The molecule has 0 bridgehead atoms. The molecule has 0 saturated heterocycles. The quantitative estimate of drug-likeness (QED) is 0.836. The summed E-state index contributed by atoms with van der Waals surface area (Å²) in [5, 5.41) is 4.16. The Morgan fingerprint density at radius 1 is 1.32 bits per heavy atom. The molecular formula is C15H19N3O. The standard InChI is InChI=1S/C15H19N3O/c1-9-3-4-11(7-9)14-17-15(19-18-14)13-6-5-12(16)8-10(13)2/h5-6,8-9,11H,3-4,7,16H2,1-2H3. The number of rotatable bonds is 2. The van der Waals surface area contributed by atoms with E-state index in [2.05, 4.69) is 17.1 Å². The predicted molar refractivity (Wildman–Crippen MR) is 74.6 cm³/mol. The minimum absolute atomic E-state index is 0.460. The van der Waals surface area contributed by atoms with Crippen LogP contribution in [-0.4, -0.2) is 10.1 Å². The van der Waals surface area contributed by atoms with Gasteiger partial charge in [0.2, 0.25) is 0 Å². The molecule has 2 unspecified atom stereocenters. The maximum atomic E-state index is 5.76. The summed E-state index contributed by atoms with van der Waals surface area (Å²) in [6.45, 7) is 4.29. The highest BCUT2D eigenvalue weighted by Gasteiger charge is 2.27. The Kier molecular flexibility index (Phi) is 3.01. The molecule has 3 rings (SSSR count). The van der Waals surface area contributed by atoms with E-state index in [9.17, 15) is 0 Å². The van der Waals surface area contributed by atoms with Gasteiger partial charge in [0.1, 0.15) is 0 Å². The van der Waals surface area contributed by atoms with Crippen LogP contribution in [0.4, 0.5) is 5.69 Å². The molecular weight excluding hydrogens is 238 g/mol. The molecule has 1 saturated carbocycles. The lowest BCUT2D eigenvalue weighted by Crippen LogP contribution is -1.96. The minimum atomic E-state index is 0.460. The largest absolute Gasteiger partial charge is 0.399 e. The first-order chi connectivity index (χ1) is 9.13. The zero-order valence-corrected chi connectivity index (χ0v) is 11.4. The third kappa shape index (κ3) is 2.35. The zero-order chi connectivity index (χ0) is 13.4. The Morgan fingerprint density at radius 2 is 2.16 bits per heavy atom. The predicted octanol–water partition coefficient (Wildman–Crippen LogP) is 3.53. The summed E-state index contributed by atoms with van der Waals surface area (Å²) in [6, 6.07) is 5.74. The van der Waals surface area contributed by atoms with E-state index >= 15 is 0 Å². The second-order valence-electron chi connectivity index (χ2n) is 5.65. The second kappa shape index (κ2) is 4.68. The van der Waals surface area contributed by atoms with Crippen molar-refractivity contribution < 1.29 is 4.52 Å². The summed E-state index contributed by atoms with van der Waals surface area (Å²) < 4.78 is 5.42. The van der Waals surface area contributed by atoms with Crippen molar-refractivity contribution in [3.63, 3.8) is 0 Å². The molecule has 1 aromatic heterocycles. The summed E-state index contributed by atoms with van der Waals surface area (Å²) in [5.74, 6) is 2.69. The molecule has 4 heteroatoms. The van der Waals surface area contributed by atoms with Gasteiger partial charge in [-0.25, -0.2) is 0 Å². The van der Waals surface area contributed by atoms with Gasteiger partial charge in [0.05, 0.1) is 0 Å². The first-order valence-electron chi connectivity index (χ1n) is 6.83. The number of nitrogen functional groups attached to an aromatic ring is 1. The number of hydrogen-bond acceptors (Lipinski definition) is 4. The van der Waals surface area contributed by atoms with Gasteiger partial charge in [-0.15, -0.1) is 0 Å². The molecule has 1 heterocycles. The van der Waals surface area contributed by atoms with Crippen molar-refractivity contribution in [1.82, 2.24) is 10.1 Å². The van der Waals surface area contributed by atoms with Crippen LogP contribution in [0, 0.1) is 12.8 Å². The lowest BCUT2D eigenvalue weighted by Gasteiger charge is -2.02. The van der Waals surface area contributed by atoms with E-state index in [1.807, 2.05) is 25.1 Å². The van der Waals surface area contributed by atoms with Crippen LogP contribution in [0.2, 0.25) is 0 Å². The van der Waals surface area contributed by atoms with E-state index in [0.717, 1.165) is 28.6 Å². The van der Waals surface area contributed by atoms with E-state index in [1.54, 1.807) is 0 Å². The van der Waals surface area contributed by atoms with Crippen LogP contribution >= 0.6 is 0 Å². The smallest absolute Gasteiger partial charge is 0.258 e. The normalized spacial score (nSPS) is 22.8. The van der Waals surface area contributed by atoms with Crippen LogP contribution in [0.5, 0.6) is 0 Å². The average Bonchev–Trinajstić information content (AvgIpc) is 2.97. The molecule has 100 valence electrons. The van der Waals surface area contributed by atoms with Crippen molar-refractivity contribution in [3.05, 3.63) is 29.6 Å². The van der Waals surface area contributed by atoms with Crippen molar-refractivity contribution in [1.29, 1.82) is 0 Å². The summed E-state index contributed by atoms with van der Waals surface area (Å²) in [5.41, 5.74) is 8.55. The van der Waals surface area contributed by atoms with Crippen molar-refractivity contribution in [2.75, 3.05) is 5.73 Å². The average molecular weight is 257 g/mol. The van der Waals surface area contributed by atoms with E-state index in [-0.39, 0.29) is 0 Å². The number of anilines is 1. The van der Waals surface area contributed by atoms with Crippen LogP contribution in [0.3, 0.4) is 0 Å². The van der Waals surface area contributed by atoms with Crippen LogP contribution in [0.1, 0.15) is 43.5 Å². The zero-order valence-electron chi connectivity index (χ0n) is 11.4. The molecule has 0 spiro atoms. The minimum Gasteiger partial charge on any atom is -0.399 e. The van der Waals surface area contributed by atoms with Gasteiger partial charge in [0.25, 0.3) is 5.89 Å². The fraction of sp³-hybridized carbons (Fsp3) is 0.467. The summed E-state index contributed by atoms with van der Waals surface area (Å²) >= 11 is 0. The van der Waals surface area contributed by atoms with Crippen molar-refractivity contribution in [2.24, 2.45) is 5.92 Å². The molecule has 1 fully saturated rings. The number of hydrogen-bond donors (Lipinski definition) is 1. The Balaban J connectivity index is 1.88. The molecule has 4 nitrogen and oxygen atoms in total. The summed E-state index contributed by atoms with van der Waals surface area (Å²) in [6.07, 6.45) is 3.59. The van der Waals surface area contributed by atoms with Gasteiger partial charge in [-0.05, 0) is 55.9 Å². The highest BCUT2D eigenvalue weighted by Crippen LogP contribution is 2.37. The molecule has 1 aliphatic carbocycles. The maximum absolute atomic E-state index is 5.76. The molecule has 2 N–H and O–H groups in total. The fourth-order valence-electron chi connectivity index (χ4n) is 2.88. The Morgan fingerprint density at radius 3 is 2.84 bits per heavy atom. The first-order valence-corrected chi connectivity index (χ1v) is 6.83. The van der Waals surface area contributed by atoms with Gasteiger partial charge < -0.3 is 10.3 Å². The molecule has 0 aliphatic heterocycles. The van der Waals surface area contributed by atoms with E-state index < -0.39 is 0 Å². The maximum Gasteiger partial charge on any atom is 0.258 e. The molecule has 19 heavy (non-hydrogen) atoms. The monoisotopic (exact) mass is 257 g/mol. The van der Waals surface area contributed by atoms with Crippen molar-refractivity contribution in [2.45, 2.75) is 39.0 Å². The summed E-state index contributed by atoms with van der Waals surface area (Å²) in [7, 11) is 0. The van der Waals surface area contributed by atoms with Gasteiger partial charge >= 0.3 is 0 Å². The van der Waals surface area contributed by atoms with Crippen molar-refractivity contribution >= 4 is 5.69 Å². The third-order valence-electron chi connectivity index (χ3n) is 3.98. The number of aryl methyl sites for hydroxylation is 1. The Labute approximate surface area is 113 Å². The van der Waals surface area contributed by atoms with E-state index in [0.29, 0.717) is 11.8 Å². The van der Waals surface area contributed by atoms with E-state index in [1.165, 1.54) is 19.3 Å². The highest BCUT2D eigenvalue weighted by molar-refractivity contribution is 5.62. The van der Waals surface area contributed by atoms with Crippen LogP contribution in [0.15, 0.2) is 22.7 Å². The van der Waals surface area contributed by atoms with E-state index in [4.69, 9.17) is 10.3 Å². The molecule has 2 aromatic rings. The van der Waals surface area contributed by atoms with Gasteiger partial charge in [-0.3, -0.25) is 0 Å². The van der Waals surface area contributed by atoms with Crippen molar-refractivity contribution in [3.8, 4) is 11.5 Å². The van der Waals surface area contributed by atoms with Gasteiger partial charge in [0.15, 0.2) is 5.82 Å². The number of nitrogens with zero attached hydrogens (tertiary/aromatic N) is 2. The van der Waals surface area contributed by atoms with Gasteiger partial charge in [-0.1, -0.05) is 12.1 Å². The molecule has 0 radical (unpaired) electrons. The lowest BCUT2D eigenvalue weighted by atomic mass is 10.1. The Hall–Kier alpha value is -1.84. The first kappa shape index (κ1) is 12.2. The molecule has 2 atom stereocenters. The third-order valence-corrected chi connectivity index (χ3v) is 3.98. The second-order valence-corrected chi connectivity index (χ2v) is 5.65. The number of aromatic nitrogens is 2.